The molecule has 0 aliphatic heterocycles. The molecule has 11 rings (SSSR count). The minimum atomic E-state index is 0.544. The van der Waals surface area contributed by atoms with Gasteiger partial charge in [0.15, 0.2) is 23.3 Å². The highest BCUT2D eigenvalue weighted by atomic mass is 16.3. The minimum absolute atomic E-state index is 0.544. The topological polar surface area (TPSA) is 77.6 Å². The van der Waals surface area contributed by atoms with Gasteiger partial charge in [0.1, 0.15) is 11.2 Å². The van der Waals surface area contributed by atoms with Gasteiger partial charge in [0, 0.05) is 44.2 Å². The van der Waals surface area contributed by atoms with Crippen LogP contribution in [0.15, 0.2) is 217 Å². The molecule has 3 heterocycles. The Morgan fingerprint density at radius 1 is 0.262 bits per heavy atom. The van der Waals surface area contributed by atoms with Crippen molar-refractivity contribution in [2.45, 2.75) is 0 Å². The predicted octanol–water partition coefficient (Wildman–Crippen LogP) is 13.9. The van der Waals surface area contributed by atoms with Crippen LogP contribution in [0.3, 0.4) is 0 Å². The molecule has 11 aromatic rings. The Bertz CT molecular complexity index is 3220. The highest BCUT2D eigenvalue weighted by Crippen LogP contribution is 2.39. The summed E-state index contributed by atoms with van der Waals surface area (Å²) >= 11 is 0. The largest absolute Gasteiger partial charge is 0.456 e. The summed E-state index contributed by atoms with van der Waals surface area (Å²) in [5.74, 6) is 2.32. The molecule has 0 radical (unpaired) electrons. The molecule has 0 saturated carbocycles. The molecule has 0 bridgehead atoms. The van der Waals surface area contributed by atoms with Crippen molar-refractivity contribution in [3.8, 4) is 90.3 Å². The van der Waals surface area contributed by atoms with Gasteiger partial charge < -0.3 is 4.42 Å². The molecule has 0 aliphatic rings. The fraction of sp³-hybridized carbons (Fsp3) is 0. The van der Waals surface area contributed by atoms with Crippen LogP contribution in [-0.4, -0.2) is 24.9 Å². The quantitative estimate of drug-likeness (QED) is 0.153. The Morgan fingerprint density at radius 2 is 0.721 bits per heavy atom. The molecular weight excluding hydrogens is 747 g/mol. The van der Waals surface area contributed by atoms with Crippen molar-refractivity contribution >= 4 is 21.9 Å². The van der Waals surface area contributed by atoms with Gasteiger partial charge in [0.2, 0.25) is 0 Å². The van der Waals surface area contributed by atoms with E-state index >= 15 is 0 Å². The standard InChI is InChI=1S/C55H35N5O/c1-6-17-36(18-7-1)42-31-43(37-19-8-2-9-20-37)33-44(32-42)54-58-52(40-25-14-5-15-26-40)59-55(60-54)45-27-16-28-50-51(45)46-34-41(29-30-49(46)61-50)53-56-47(38-21-10-3-11-22-38)35-48(57-53)39-23-12-4-13-24-39/h1-35H. The number of rotatable bonds is 8. The van der Waals surface area contributed by atoms with E-state index in [0.29, 0.717) is 23.3 Å². The minimum Gasteiger partial charge on any atom is -0.456 e. The lowest BCUT2D eigenvalue weighted by Gasteiger charge is -2.13. The van der Waals surface area contributed by atoms with E-state index in [9.17, 15) is 0 Å². The maximum absolute atomic E-state index is 6.54. The van der Waals surface area contributed by atoms with Crippen LogP contribution < -0.4 is 0 Å². The average molecular weight is 782 g/mol. The van der Waals surface area contributed by atoms with E-state index in [1.54, 1.807) is 0 Å². The SMILES string of the molecule is c1ccc(-c2cc(-c3ccccc3)cc(-c3nc(-c4ccccc4)nc(-c4cccc5oc6ccc(-c7nc(-c8ccccc8)cc(-c8ccccc8)n7)cc6c45)n3)c2)cc1. The Morgan fingerprint density at radius 3 is 1.28 bits per heavy atom. The third kappa shape index (κ3) is 7.02. The summed E-state index contributed by atoms with van der Waals surface area (Å²) in [6.07, 6.45) is 0. The van der Waals surface area contributed by atoms with Gasteiger partial charge >= 0.3 is 0 Å². The van der Waals surface area contributed by atoms with Gasteiger partial charge in [0.05, 0.1) is 11.4 Å². The molecule has 61 heavy (non-hydrogen) atoms. The molecule has 8 aromatic carbocycles. The van der Waals surface area contributed by atoms with Crippen LogP contribution in [0.4, 0.5) is 0 Å². The molecule has 0 saturated heterocycles. The molecule has 6 nitrogen and oxygen atoms in total. The fourth-order valence-corrected chi connectivity index (χ4v) is 7.94. The molecule has 0 amide bonds. The Hall–Kier alpha value is -8.35. The Labute approximate surface area is 352 Å². The van der Waals surface area contributed by atoms with Crippen LogP contribution >= 0.6 is 0 Å². The van der Waals surface area contributed by atoms with Crippen LogP contribution in [0, 0.1) is 0 Å². The first-order valence-electron chi connectivity index (χ1n) is 20.2. The zero-order valence-electron chi connectivity index (χ0n) is 32.9. The first-order valence-corrected chi connectivity index (χ1v) is 20.2. The van der Waals surface area contributed by atoms with Crippen molar-refractivity contribution in [2.24, 2.45) is 0 Å². The first-order chi connectivity index (χ1) is 30.2. The fourth-order valence-electron chi connectivity index (χ4n) is 7.94. The summed E-state index contributed by atoms with van der Waals surface area (Å²) in [6.45, 7) is 0. The van der Waals surface area contributed by atoms with Crippen molar-refractivity contribution < 1.29 is 4.42 Å². The van der Waals surface area contributed by atoms with E-state index in [1.165, 1.54) is 0 Å². The molecule has 6 heteroatoms. The monoisotopic (exact) mass is 781 g/mol. The summed E-state index contributed by atoms with van der Waals surface area (Å²) in [4.78, 5) is 25.9. The van der Waals surface area contributed by atoms with Gasteiger partial charge in [-0.25, -0.2) is 24.9 Å². The Balaban J connectivity index is 1.11. The van der Waals surface area contributed by atoms with Gasteiger partial charge in [-0.05, 0) is 70.8 Å². The van der Waals surface area contributed by atoms with Gasteiger partial charge in [-0.3, -0.25) is 0 Å². The Kier molecular flexibility index (Phi) is 9.06. The zero-order valence-corrected chi connectivity index (χ0v) is 32.9. The van der Waals surface area contributed by atoms with E-state index in [2.05, 4.69) is 109 Å². The van der Waals surface area contributed by atoms with Crippen LogP contribution in [0.1, 0.15) is 0 Å². The predicted molar refractivity (Wildman–Crippen MR) is 246 cm³/mol. The molecule has 0 spiro atoms. The number of hydrogen-bond donors (Lipinski definition) is 0. The molecule has 286 valence electrons. The summed E-state index contributed by atoms with van der Waals surface area (Å²) in [7, 11) is 0. The second-order valence-electron chi connectivity index (χ2n) is 14.9. The molecule has 0 aliphatic carbocycles. The van der Waals surface area contributed by atoms with Crippen LogP contribution in [-0.2, 0) is 0 Å². The average Bonchev–Trinajstić information content (AvgIpc) is 3.73. The lowest BCUT2D eigenvalue weighted by atomic mass is 9.96. The number of nitrogens with zero attached hydrogens (tertiary/aromatic N) is 5. The van der Waals surface area contributed by atoms with E-state index in [-0.39, 0.29) is 0 Å². The highest BCUT2D eigenvalue weighted by molar-refractivity contribution is 6.12. The van der Waals surface area contributed by atoms with Gasteiger partial charge in [-0.1, -0.05) is 164 Å². The molecule has 0 unspecified atom stereocenters. The molecular formula is C55H35N5O. The maximum atomic E-state index is 6.54. The van der Waals surface area contributed by atoms with E-state index in [4.69, 9.17) is 29.3 Å². The second kappa shape index (κ2) is 15.4. The van der Waals surface area contributed by atoms with Crippen molar-refractivity contribution in [3.05, 3.63) is 212 Å². The maximum Gasteiger partial charge on any atom is 0.164 e. The van der Waals surface area contributed by atoms with E-state index < -0.39 is 0 Å². The number of fused-ring (bicyclic) bond motifs is 3. The summed E-state index contributed by atoms with van der Waals surface area (Å²) in [5, 5.41) is 1.82. The third-order valence-corrected chi connectivity index (χ3v) is 10.9. The second-order valence-corrected chi connectivity index (χ2v) is 14.9. The summed E-state index contributed by atoms with van der Waals surface area (Å²) in [5.41, 5.74) is 13.1. The third-order valence-electron chi connectivity index (χ3n) is 10.9. The lowest BCUT2D eigenvalue weighted by Crippen LogP contribution is -2.01. The number of aromatic nitrogens is 5. The van der Waals surface area contributed by atoms with Gasteiger partial charge in [0.25, 0.3) is 0 Å². The molecule has 0 atom stereocenters. The molecule has 0 N–H and O–H groups in total. The molecule has 3 aromatic heterocycles. The number of benzene rings is 8. The summed E-state index contributed by atoms with van der Waals surface area (Å²) in [6, 6.07) is 72.2. The number of furan rings is 1. The van der Waals surface area contributed by atoms with Crippen molar-refractivity contribution in [1.29, 1.82) is 0 Å². The van der Waals surface area contributed by atoms with E-state index in [0.717, 1.165) is 89.0 Å². The van der Waals surface area contributed by atoms with E-state index in [1.807, 2.05) is 103 Å². The first kappa shape index (κ1) is 35.8. The van der Waals surface area contributed by atoms with Crippen LogP contribution in [0.5, 0.6) is 0 Å². The van der Waals surface area contributed by atoms with Gasteiger partial charge in [-0.15, -0.1) is 0 Å². The van der Waals surface area contributed by atoms with Crippen molar-refractivity contribution in [3.63, 3.8) is 0 Å². The normalized spacial score (nSPS) is 11.3. The van der Waals surface area contributed by atoms with Crippen LogP contribution in [0.25, 0.3) is 112 Å². The zero-order chi connectivity index (χ0) is 40.5. The lowest BCUT2D eigenvalue weighted by molar-refractivity contribution is 0.669. The van der Waals surface area contributed by atoms with Crippen molar-refractivity contribution in [1.82, 2.24) is 24.9 Å². The number of hydrogen-bond acceptors (Lipinski definition) is 6. The smallest absolute Gasteiger partial charge is 0.164 e. The van der Waals surface area contributed by atoms with Gasteiger partial charge in [-0.2, -0.15) is 0 Å². The highest BCUT2D eigenvalue weighted by Gasteiger charge is 2.20. The molecule has 0 fully saturated rings. The van der Waals surface area contributed by atoms with Crippen molar-refractivity contribution in [2.75, 3.05) is 0 Å². The van der Waals surface area contributed by atoms with Crippen LogP contribution in [0.2, 0.25) is 0 Å². The summed E-state index contributed by atoms with van der Waals surface area (Å²) < 4.78 is 6.54.